The quantitative estimate of drug-likeness (QED) is 0.807. The summed E-state index contributed by atoms with van der Waals surface area (Å²) in [6.07, 6.45) is 2.20. The van der Waals surface area contributed by atoms with Crippen LogP contribution in [0, 0.1) is 11.7 Å². The summed E-state index contributed by atoms with van der Waals surface area (Å²) in [6.45, 7) is 4.03. The number of halogens is 1. The maximum Gasteiger partial charge on any atom is 0.264 e. The van der Waals surface area contributed by atoms with Crippen molar-refractivity contribution in [2.75, 3.05) is 18.4 Å². The highest BCUT2D eigenvalue weighted by Crippen LogP contribution is 2.20. The average Bonchev–Trinajstić information content (AvgIpc) is 2.64. The molecule has 0 spiro atoms. The number of hydrogen-bond acceptors (Lipinski definition) is 3. The first-order chi connectivity index (χ1) is 12.5. The summed E-state index contributed by atoms with van der Waals surface area (Å²) in [5.41, 5.74) is 0.975. The number of likely N-dealkylation sites (tertiary alicyclic amines) is 1. The van der Waals surface area contributed by atoms with E-state index in [4.69, 9.17) is 17.0 Å². The molecule has 6 heteroatoms. The van der Waals surface area contributed by atoms with Crippen LogP contribution in [0.4, 0.5) is 10.1 Å². The lowest BCUT2D eigenvalue weighted by molar-refractivity contribution is 0.102. The lowest BCUT2D eigenvalue weighted by Gasteiger charge is -2.31. The Kier molecular flexibility index (Phi) is 5.83. The molecule has 2 aromatic rings. The number of carbonyl (C=O) groups is 1. The molecule has 0 radical (unpaired) electrons. The molecule has 1 aliphatic heterocycles. The molecular formula is C20H21FN2O2S. The van der Waals surface area contributed by atoms with Crippen LogP contribution >= 0.6 is 12.2 Å². The van der Waals surface area contributed by atoms with Gasteiger partial charge in [0.2, 0.25) is 0 Å². The van der Waals surface area contributed by atoms with Crippen LogP contribution in [0.1, 0.15) is 30.1 Å². The third-order valence-electron chi connectivity index (χ3n) is 4.45. The van der Waals surface area contributed by atoms with Crippen molar-refractivity contribution in [3.63, 3.8) is 0 Å². The van der Waals surface area contributed by atoms with Gasteiger partial charge in [0.1, 0.15) is 11.6 Å². The Morgan fingerprint density at radius 3 is 2.58 bits per heavy atom. The maximum atomic E-state index is 13.0. The number of hydrogen-bond donors (Lipinski definition) is 1. The SMILES string of the molecule is CC1CCN(C(=S)Oc2cccc(C(=O)Nc3ccc(F)cc3)c2)CC1. The predicted octanol–water partition coefficient (Wildman–Crippen LogP) is 4.47. The fraction of sp³-hybridized carbons (Fsp3) is 0.300. The molecule has 26 heavy (non-hydrogen) atoms. The van der Waals surface area contributed by atoms with Crippen molar-refractivity contribution in [2.45, 2.75) is 19.8 Å². The second-order valence-corrected chi connectivity index (χ2v) is 6.88. The lowest BCUT2D eigenvalue weighted by atomic mass is 10.00. The number of anilines is 1. The van der Waals surface area contributed by atoms with Crippen molar-refractivity contribution in [2.24, 2.45) is 5.92 Å². The van der Waals surface area contributed by atoms with E-state index in [-0.39, 0.29) is 11.7 Å². The van der Waals surface area contributed by atoms with Gasteiger partial charge in [-0.2, -0.15) is 0 Å². The van der Waals surface area contributed by atoms with Crippen molar-refractivity contribution in [1.29, 1.82) is 0 Å². The smallest absolute Gasteiger partial charge is 0.264 e. The molecule has 1 N–H and O–H groups in total. The highest BCUT2D eigenvalue weighted by atomic mass is 32.1. The van der Waals surface area contributed by atoms with Crippen LogP contribution < -0.4 is 10.1 Å². The highest BCUT2D eigenvalue weighted by molar-refractivity contribution is 7.80. The number of nitrogens with one attached hydrogen (secondary N) is 1. The Bertz CT molecular complexity index is 787. The third kappa shape index (κ3) is 4.79. The Balaban J connectivity index is 1.63. The van der Waals surface area contributed by atoms with Gasteiger partial charge in [-0.25, -0.2) is 4.39 Å². The van der Waals surface area contributed by atoms with Crippen LogP contribution in [-0.2, 0) is 0 Å². The van der Waals surface area contributed by atoms with E-state index in [0.29, 0.717) is 28.1 Å². The molecular weight excluding hydrogens is 351 g/mol. The van der Waals surface area contributed by atoms with Crippen LogP contribution in [0.25, 0.3) is 0 Å². The van der Waals surface area contributed by atoms with Crippen LogP contribution in [0.15, 0.2) is 48.5 Å². The molecule has 1 aliphatic rings. The van der Waals surface area contributed by atoms with Gasteiger partial charge < -0.3 is 15.0 Å². The van der Waals surface area contributed by atoms with E-state index in [2.05, 4.69) is 17.1 Å². The molecule has 2 aromatic carbocycles. The van der Waals surface area contributed by atoms with Gasteiger partial charge in [-0.05, 0) is 73.4 Å². The normalized spacial score (nSPS) is 14.8. The van der Waals surface area contributed by atoms with Crippen molar-refractivity contribution < 1.29 is 13.9 Å². The third-order valence-corrected chi connectivity index (χ3v) is 4.79. The fourth-order valence-electron chi connectivity index (χ4n) is 2.79. The second kappa shape index (κ2) is 8.27. The van der Waals surface area contributed by atoms with Gasteiger partial charge in [-0.3, -0.25) is 4.79 Å². The molecule has 0 unspecified atom stereocenters. The predicted molar refractivity (Wildman–Crippen MR) is 104 cm³/mol. The van der Waals surface area contributed by atoms with E-state index in [0.717, 1.165) is 25.9 Å². The Hall–Kier alpha value is -2.47. The molecule has 1 saturated heterocycles. The van der Waals surface area contributed by atoms with Crippen LogP contribution in [0.2, 0.25) is 0 Å². The van der Waals surface area contributed by atoms with E-state index in [1.165, 1.54) is 24.3 Å². The van der Waals surface area contributed by atoms with Crippen LogP contribution in [-0.4, -0.2) is 29.1 Å². The van der Waals surface area contributed by atoms with Gasteiger partial charge in [0, 0.05) is 24.3 Å². The van der Waals surface area contributed by atoms with E-state index in [9.17, 15) is 9.18 Å². The number of thiocarbonyl (C=S) groups is 1. The molecule has 0 aliphatic carbocycles. The summed E-state index contributed by atoms with van der Waals surface area (Å²) in [6, 6.07) is 12.5. The standard InChI is InChI=1S/C20H21FN2O2S/c1-14-9-11-23(12-10-14)20(26)25-18-4-2-3-15(13-18)19(24)22-17-7-5-16(21)6-8-17/h2-8,13-14H,9-12H2,1H3,(H,22,24). The second-order valence-electron chi connectivity index (χ2n) is 6.53. The van der Waals surface area contributed by atoms with E-state index < -0.39 is 0 Å². The summed E-state index contributed by atoms with van der Waals surface area (Å²) in [7, 11) is 0. The topological polar surface area (TPSA) is 41.6 Å². The maximum absolute atomic E-state index is 13.0. The molecule has 1 heterocycles. The van der Waals surface area contributed by atoms with Crippen molar-refractivity contribution in [3.8, 4) is 5.75 Å². The summed E-state index contributed by atoms with van der Waals surface area (Å²) in [4.78, 5) is 14.4. The first-order valence-electron chi connectivity index (χ1n) is 8.65. The molecule has 1 fully saturated rings. The Labute approximate surface area is 158 Å². The van der Waals surface area contributed by atoms with E-state index >= 15 is 0 Å². The van der Waals surface area contributed by atoms with Gasteiger partial charge in [0.05, 0.1) is 0 Å². The Morgan fingerprint density at radius 2 is 1.88 bits per heavy atom. The molecule has 0 bridgehead atoms. The number of carbonyl (C=O) groups excluding carboxylic acids is 1. The number of piperidine rings is 1. The van der Waals surface area contributed by atoms with Gasteiger partial charge in [-0.1, -0.05) is 13.0 Å². The average molecular weight is 372 g/mol. The van der Waals surface area contributed by atoms with E-state index in [1.807, 2.05) is 0 Å². The zero-order chi connectivity index (χ0) is 18.5. The van der Waals surface area contributed by atoms with Crippen molar-refractivity contribution in [3.05, 3.63) is 59.9 Å². The molecule has 3 rings (SSSR count). The highest BCUT2D eigenvalue weighted by Gasteiger charge is 2.19. The minimum atomic E-state index is -0.348. The number of rotatable bonds is 3. The molecule has 0 atom stereocenters. The Morgan fingerprint density at radius 1 is 1.19 bits per heavy atom. The zero-order valence-electron chi connectivity index (χ0n) is 14.6. The number of amides is 1. The van der Waals surface area contributed by atoms with Gasteiger partial charge in [0.15, 0.2) is 0 Å². The molecule has 4 nitrogen and oxygen atoms in total. The van der Waals surface area contributed by atoms with Gasteiger partial charge in [-0.15, -0.1) is 0 Å². The lowest BCUT2D eigenvalue weighted by Crippen LogP contribution is -2.39. The minimum absolute atomic E-state index is 0.292. The number of nitrogens with zero attached hydrogens (tertiary/aromatic N) is 1. The first kappa shape index (κ1) is 18.3. The number of ether oxygens (including phenoxy) is 1. The molecule has 0 saturated carbocycles. The van der Waals surface area contributed by atoms with Crippen LogP contribution in [0.3, 0.4) is 0 Å². The monoisotopic (exact) mass is 372 g/mol. The zero-order valence-corrected chi connectivity index (χ0v) is 15.4. The summed E-state index contributed by atoms with van der Waals surface area (Å²) in [5.74, 6) is 0.603. The van der Waals surface area contributed by atoms with Gasteiger partial charge >= 0.3 is 0 Å². The van der Waals surface area contributed by atoms with Gasteiger partial charge in [0.25, 0.3) is 11.1 Å². The summed E-state index contributed by atoms with van der Waals surface area (Å²) >= 11 is 5.39. The first-order valence-corrected chi connectivity index (χ1v) is 9.06. The fourth-order valence-corrected chi connectivity index (χ4v) is 3.07. The minimum Gasteiger partial charge on any atom is -0.432 e. The largest absolute Gasteiger partial charge is 0.432 e. The van der Waals surface area contributed by atoms with E-state index in [1.54, 1.807) is 24.3 Å². The van der Waals surface area contributed by atoms with Crippen molar-refractivity contribution in [1.82, 2.24) is 4.90 Å². The molecule has 1 amide bonds. The molecule has 0 aromatic heterocycles. The molecule has 136 valence electrons. The van der Waals surface area contributed by atoms with Crippen molar-refractivity contribution >= 4 is 29.0 Å². The summed E-state index contributed by atoms with van der Waals surface area (Å²) < 4.78 is 18.7. The summed E-state index contributed by atoms with van der Waals surface area (Å²) in [5, 5.41) is 3.17. The van der Waals surface area contributed by atoms with Crippen LogP contribution in [0.5, 0.6) is 5.75 Å². The number of benzene rings is 2.